The maximum atomic E-state index is 6.49. The number of rotatable bonds is 3. The van der Waals surface area contributed by atoms with Gasteiger partial charge in [0, 0.05) is 27.4 Å². The molecule has 0 saturated heterocycles. The SMILES string of the molecule is c1ccc(-c2ncc3c(n2)c2ccccc2n3-c2cccc(-c3cc4oc5cccc6c7ccccc7c(c3)c4c56)c2)cc1. The zero-order chi connectivity index (χ0) is 28.8. The van der Waals surface area contributed by atoms with Crippen molar-refractivity contribution in [2.45, 2.75) is 0 Å². The highest BCUT2D eigenvalue weighted by Gasteiger charge is 2.19. The number of para-hydroxylation sites is 1. The van der Waals surface area contributed by atoms with Crippen molar-refractivity contribution in [1.29, 1.82) is 0 Å². The van der Waals surface area contributed by atoms with Gasteiger partial charge >= 0.3 is 0 Å². The fraction of sp³-hybridized carbons (Fsp3) is 0. The Kier molecular flexibility index (Phi) is 4.69. The Morgan fingerprint density at radius 3 is 2.07 bits per heavy atom. The molecule has 4 heteroatoms. The van der Waals surface area contributed by atoms with E-state index in [1.54, 1.807) is 0 Å². The maximum Gasteiger partial charge on any atom is 0.159 e. The number of hydrogen-bond acceptors (Lipinski definition) is 3. The number of aromatic nitrogens is 3. The van der Waals surface area contributed by atoms with Gasteiger partial charge in [-0.05, 0) is 69.1 Å². The molecule has 0 radical (unpaired) electrons. The number of nitrogens with zero attached hydrogens (tertiary/aromatic N) is 3. The first-order chi connectivity index (χ1) is 21.8. The number of benzene rings is 7. The van der Waals surface area contributed by atoms with E-state index in [2.05, 4.69) is 120 Å². The van der Waals surface area contributed by atoms with E-state index in [1.807, 2.05) is 24.4 Å². The Hall–Kier alpha value is -6.00. The molecule has 0 spiro atoms. The van der Waals surface area contributed by atoms with E-state index in [1.165, 1.54) is 32.3 Å². The quantitative estimate of drug-likeness (QED) is 0.202. The molecule has 0 aliphatic heterocycles. The van der Waals surface area contributed by atoms with Crippen LogP contribution in [-0.4, -0.2) is 14.5 Å². The molecule has 0 bridgehead atoms. The summed E-state index contributed by atoms with van der Waals surface area (Å²) in [6.07, 6.45) is 1.95. The predicted octanol–water partition coefficient (Wildman–Crippen LogP) is 10.6. The van der Waals surface area contributed by atoms with Crippen LogP contribution >= 0.6 is 0 Å². The van der Waals surface area contributed by atoms with Crippen molar-refractivity contribution in [2.75, 3.05) is 0 Å². The van der Waals surface area contributed by atoms with Gasteiger partial charge in [0.1, 0.15) is 16.7 Å². The fourth-order valence-corrected chi connectivity index (χ4v) is 7.07. The average Bonchev–Trinajstić information content (AvgIpc) is 3.64. The lowest BCUT2D eigenvalue weighted by molar-refractivity contribution is 0.669. The minimum atomic E-state index is 0.728. The molecule has 7 aromatic carbocycles. The van der Waals surface area contributed by atoms with Crippen molar-refractivity contribution in [3.63, 3.8) is 0 Å². The third kappa shape index (κ3) is 3.22. The van der Waals surface area contributed by atoms with Crippen LogP contribution in [-0.2, 0) is 0 Å². The highest BCUT2D eigenvalue weighted by atomic mass is 16.3. The molecule has 3 heterocycles. The standard InChI is InChI=1S/C40H23N3O/c1-2-10-24(11-3-1)40-41-23-34-39(42-40)31-16-6-7-18-33(31)43(34)27-13-8-12-25(20-27)26-21-32-29-15-5-4-14-28(29)30-17-9-19-35-37(30)38(32)36(22-26)44-35/h1-23H. The van der Waals surface area contributed by atoms with Crippen molar-refractivity contribution >= 4 is 65.4 Å². The van der Waals surface area contributed by atoms with E-state index in [-0.39, 0.29) is 0 Å². The molecule has 0 unspecified atom stereocenters. The van der Waals surface area contributed by atoms with Crippen LogP contribution in [0.2, 0.25) is 0 Å². The summed E-state index contributed by atoms with van der Waals surface area (Å²) in [5.74, 6) is 0.728. The molecule has 10 rings (SSSR count). The Balaban J connectivity index is 1.21. The van der Waals surface area contributed by atoms with Gasteiger partial charge in [-0.25, -0.2) is 9.97 Å². The van der Waals surface area contributed by atoms with Gasteiger partial charge < -0.3 is 8.98 Å². The lowest BCUT2D eigenvalue weighted by Gasteiger charge is -2.12. The smallest absolute Gasteiger partial charge is 0.159 e. The van der Waals surface area contributed by atoms with Crippen LogP contribution in [0, 0.1) is 0 Å². The van der Waals surface area contributed by atoms with Gasteiger partial charge in [0.25, 0.3) is 0 Å². The molecule has 0 fully saturated rings. The highest BCUT2D eigenvalue weighted by Crippen LogP contribution is 2.44. The van der Waals surface area contributed by atoms with E-state index in [0.29, 0.717) is 0 Å². The van der Waals surface area contributed by atoms with Crippen LogP contribution in [0.25, 0.3) is 93.6 Å². The van der Waals surface area contributed by atoms with Gasteiger partial charge in [-0.1, -0.05) is 97.1 Å². The van der Waals surface area contributed by atoms with E-state index in [4.69, 9.17) is 14.4 Å². The zero-order valence-corrected chi connectivity index (χ0v) is 23.5. The van der Waals surface area contributed by atoms with E-state index in [9.17, 15) is 0 Å². The third-order valence-electron chi connectivity index (χ3n) is 8.99. The predicted molar refractivity (Wildman–Crippen MR) is 181 cm³/mol. The van der Waals surface area contributed by atoms with Gasteiger partial charge in [0.15, 0.2) is 5.82 Å². The van der Waals surface area contributed by atoms with Gasteiger partial charge in [-0.15, -0.1) is 0 Å². The van der Waals surface area contributed by atoms with Gasteiger partial charge in [0.05, 0.1) is 17.2 Å². The summed E-state index contributed by atoms with van der Waals surface area (Å²) >= 11 is 0. The summed E-state index contributed by atoms with van der Waals surface area (Å²) in [4.78, 5) is 9.86. The lowest BCUT2D eigenvalue weighted by atomic mass is 9.92. The van der Waals surface area contributed by atoms with Crippen LogP contribution in [0.4, 0.5) is 0 Å². The second-order valence-corrected chi connectivity index (χ2v) is 11.4. The largest absolute Gasteiger partial charge is 0.456 e. The molecule has 44 heavy (non-hydrogen) atoms. The van der Waals surface area contributed by atoms with Crippen LogP contribution < -0.4 is 0 Å². The zero-order valence-electron chi connectivity index (χ0n) is 23.5. The average molecular weight is 562 g/mol. The van der Waals surface area contributed by atoms with Crippen molar-refractivity contribution in [2.24, 2.45) is 0 Å². The monoisotopic (exact) mass is 561 g/mol. The fourth-order valence-electron chi connectivity index (χ4n) is 7.07. The minimum Gasteiger partial charge on any atom is -0.456 e. The van der Waals surface area contributed by atoms with Gasteiger partial charge in [0.2, 0.25) is 0 Å². The van der Waals surface area contributed by atoms with Crippen LogP contribution in [0.5, 0.6) is 0 Å². The Labute approximate surface area is 251 Å². The van der Waals surface area contributed by atoms with Crippen LogP contribution in [0.1, 0.15) is 0 Å². The van der Waals surface area contributed by atoms with E-state index < -0.39 is 0 Å². The van der Waals surface area contributed by atoms with Crippen molar-refractivity contribution in [1.82, 2.24) is 14.5 Å². The summed E-state index contributed by atoms with van der Waals surface area (Å²) in [5.41, 5.74) is 9.18. The minimum absolute atomic E-state index is 0.728. The topological polar surface area (TPSA) is 43.9 Å². The Bertz CT molecular complexity index is 2720. The van der Waals surface area contributed by atoms with Crippen LogP contribution in [0.15, 0.2) is 144 Å². The number of furan rings is 1. The van der Waals surface area contributed by atoms with Crippen molar-refractivity contribution in [3.8, 4) is 28.2 Å². The first kappa shape index (κ1) is 23.6. The summed E-state index contributed by atoms with van der Waals surface area (Å²) in [5, 5.41) is 8.45. The summed E-state index contributed by atoms with van der Waals surface area (Å²) < 4.78 is 8.76. The molecule has 0 atom stereocenters. The van der Waals surface area contributed by atoms with Gasteiger partial charge in [-0.3, -0.25) is 0 Å². The third-order valence-corrected chi connectivity index (χ3v) is 8.99. The first-order valence-corrected chi connectivity index (χ1v) is 14.8. The highest BCUT2D eigenvalue weighted by molar-refractivity contribution is 6.33. The molecule has 0 aliphatic rings. The Morgan fingerprint density at radius 2 is 1.18 bits per heavy atom. The summed E-state index contributed by atoms with van der Waals surface area (Å²) in [6, 6.07) is 46.9. The maximum absolute atomic E-state index is 6.49. The molecule has 0 saturated carbocycles. The van der Waals surface area contributed by atoms with E-state index >= 15 is 0 Å². The van der Waals surface area contributed by atoms with E-state index in [0.717, 1.165) is 61.3 Å². The lowest BCUT2D eigenvalue weighted by Crippen LogP contribution is -1.96. The normalized spacial score (nSPS) is 12.1. The second kappa shape index (κ2) is 8.76. The van der Waals surface area contributed by atoms with Crippen molar-refractivity contribution in [3.05, 3.63) is 140 Å². The molecular weight excluding hydrogens is 538 g/mol. The van der Waals surface area contributed by atoms with Crippen LogP contribution in [0.3, 0.4) is 0 Å². The summed E-state index contributed by atoms with van der Waals surface area (Å²) in [7, 11) is 0. The molecule has 0 amide bonds. The van der Waals surface area contributed by atoms with Crippen molar-refractivity contribution < 1.29 is 4.42 Å². The van der Waals surface area contributed by atoms with Gasteiger partial charge in [-0.2, -0.15) is 0 Å². The Morgan fingerprint density at radius 1 is 0.477 bits per heavy atom. The molecular formula is C40H23N3O. The first-order valence-electron chi connectivity index (χ1n) is 14.8. The molecule has 10 aromatic rings. The number of hydrogen-bond donors (Lipinski definition) is 0. The molecule has 3 aromatic heterocycles. The number of fused-ring (bicyclic) bond motifs is 6. The summed E-state index contributed by atoms with van der Waals surface area (Å²) in [6.45, 7) is 0. The molecule has 0 N–H and O–H groups in total. The second-order valence-electron chi connectivity index (χ2n) is 11.4. The molecule has 0 aliphatic carbocycles. The molecule has 204 valence electrons. The molecule has 4 nitrogen and oxygen atoms in total.